The molecule has 0 spiro atoms. The SMILES string of the molecule is CCOC(=O)c1c(N)nsc1NCCc1ccnn1C. The predicted octanol–water partition coefficient (Wildman–Crippen LogP) is 1.29. The highest BCUT2D eigenvalue weighted by Gasteiger charge is 2.20. The van der Waals surface area contributed by atoms with Crippen LogP contribution in [-0.2, 0) is 18.2 Å². The van der Waals surface area contributed by atoms with E-state index >= 15 is 0 Å². The van der Waals surface area contributed by atoms with Gasteiger partial charge in [-0.3, -0.25) is 4.68 Å². The zero-order chi connectivity index (χ0) is 14.5. The summed E-state index contributed by atoms with van der Waals surface area (Å²) in [6.07, 6.45) is 2.54. The van der Waals surface area contributed by atoms with Gasteiger partial charge in [-0.15, -0.1) is 0 Å². The number of nitrogens with one attached hydrogen (secondary N) is 1. The number of nitrogens with two attached hydrogens (primary N) is 1. The van der Waals surface area contributed by atoms with Crippen molar-refractivity contribution in [1.82, 2.24) is 14.2 Å². The van der Waals surface area contributed by atoms with Crippen LogP contribution < -0.4 is 11.1 Å². The molecule has 0 aliphatic rings. The van der Waals surface area contributed by atoms with Gasteiger partial charge in [0.1, 0.15) is 10.6 Å². The van der Waals surface area contributed by atoms with Crippen LogP contribution in [-0.4, -0.2) is 33.3 Å². The van der Waals surface area contributed by atoms with Crippen molar-refractivity contribution in [3.63, 3.8) is 0 Å². The lowest BCUT2D eigenvalue weighted by molar-refractivity contribution is 0.0529. The van der Waals surface area contributed by atoms with E-state index in [4.69, 9.17) is 10.5 Å². The molecule has 7 nitrogen and oxygen atoms in total. The van der Waals surface area contributed by atoms with E-state index in [-0.39, 0.29) is 5.82 Å². The van der Waals surface area contributed by atoms with Gasteiger partial charge in [-0.05, 0) is 24.5 Å². The zero-order valence-electron chi connectivity index (χ0n) is 11.4. The van der Waals surface area contributed by atoms with Crippen LogP contribution in [0.1, 0.15) is 23.0 Å². The molecule has 2 aromatic heterocycles. The lowest BCUT2D eigenvalue weighted by Gasteiger charge is -2.07. The van der Waals surface area contributed by atoms with E-state index < -0.39 is 5.97 Å². The van der Waals surface area contributed by atoms with Crippen LogP contribution in [0.2, 0.25) is 0 Å². The third-order valence-electron chi connectivity index (χ3n) is 2.79. The Bertz CT molecular complexity index is 592. The normalized spacial score (nSPS) is 10.5. The Labute approximate surface area is 120 Å². The van der Waals surface area contributed by atoms with Gasteiger partial charge in [0.05, 0.1) is 6.61 Å². The van der Waals surface area contributed by atoms with Crippen LogP contribution in [0.5, 0.6) is 0 Å². The molecule has 20 heavy (non-hydrogen) atoms. The van der Waals surface area contributed by atoms with Crippen LogP contribution in [0.3, 0.4) is 0 Å². The van der Waals surface area contributed by atoms with Crippen LogP contribution in [0.25, 0.3) is 0 Å². The summed E-state index contributed by atoms with van der Waals surface area (Å²) in [7, 11) is 1.89. The fourth-order valence-corrected chi connectivity index (χ4v) is 2.50. The maximum Gasteiger partial charge on any atom is 0.344 e. The van der Waals surface area contributed by atoms with Crippen LogP contribution >= 0.6 is 11.5 Å². The number of aryl methyl sites for hydroxylation is 1. The number of esters is 1. The van der Waals surface area contributed by atoms with E-state index in [0.29, 0.717) is 23.7 Å². The lowest BCUT2D eigenvalue weighted by Crippen LogP contribution is -2.12. The number of nitrogens with zero attached hydrogens (tertiary/aromatic N) is 3. The minimum Gasteiger partial charge on any atom is -0.462 e. The van der Waals surface area contributed by atoms with Gasteiger partial charge in [0.25, 0.3) is 0 Å². The van der Waals surface area contributed by atoms with Crippen molar-refractivity contribution in [3.05, 3.63) is 23.5 Å². The molecule has 8 heteroatoms. The van der Waals surface area contributed by atoms with E-state index in [1.807, 2.05) is 17.8 Å². The molecule has 0 aliphatic heterocycles. The largest absolute Gasteiger partial charge is 0.462 e. The Balaban J connectivity index is 1.99. The first-order valence-electron chi connectivity index (χ1n) is 6.26. The second-order valence-electron chi connectivity index (χ2n) is 4.12. The summed E-state index contributed by atoms with van der Waals surface area (Å²) in [6.45, 7) is 2.72. The summed E-state index contributed by atoms with van der Waals surface area (Å²) < 4.78 is 10.8. The molecule has 2 rings (SSSR count). The van der Waals surface area contributed by atoms with Crippen molar-refractivity contribution in [2.45, 2.75) is 13.3 Å². The fraction of sp³-hybridized carbons (Fsp3) is 0.417. The van der Waals surface area contributed by atoms with Crippen molar-refractivity contribution < 1.29 is 9.53 Å². The van der Waals surface area contributed by atoms with E-state index in [1.54, 1.807) is 13.1 Å². The molecule has 2 aromatic rings. The molecule has 108 valence electrons. The molecule has 0 saturated heterocycles. The first kappa shape index (κ1) is 14.3. The van der Waals surface area contributed by atoms with Crippen LogP contribution in [0.15, 0.2) is 12.3 Å². The number of hydrogen-bond donors (Lipinski definition) is 2. The molecule has 0 fully saturated rings. The number of carbonyl (C=O) groups is 1. The van der Waals surface area contributed by atoms with E-state index in [9.17, 15) is 4.79 Å². The predicted molar refractivity (Wildman–Crippen MR) is 77.9 cm³/mol. The summed E-state index contributed by atoms with van der Waals surface area (Å²) in [4.78, 5) is 11.8. The van der Waals surface area contributed by atoms with Crippen molar-refractivity contribution in [2.24, 2.45) is 7.05 Å². The topological polar surface area (TPSA) is 95.1 Å². The molecule has 0 atom stereocenters. The lowest BCUT2D eigenvalue weighted by atomic mass is 10.3. The molecular weight excluding hydrogens is 278 g/mol. The standard InChI is InChI=1S/C12H17N5O2S/c1-3-19-12(18)9-10(13)16-20-11(9)14-6-4-8-5-7-15-17(8)2/h5,7,14H,3-4,6H2,1-2H3,(H2,13,16). The van der Waals surface area contributed by atoms with Gasteiger partial charge < -0.3 is 15.8 Å². The van der Waals surface area contributed by atoms with Crippen LogP contribution in [0, 0.1) is 0 Å². The van der Waals surface area contributed by atoms with Crippen molar-refractivity contribution in [3.8, 4) is 0 Å². The quantitative estimate of drug-likeness (QED) is 0.780. The number of hydrogen-bond acceptors (Lipinski definition) is 7. The Morgan fingerprint density at radius 1 is 1.60 bits per heavy atom. The Kier molecular flexibility index (Phi) is 4.57. The third kappa shape index (κ3) is 3.08. The van der Waals surface area contributed by atoms with Gasteiger partial charge in [-0.25, -0.2) is 4.79 Å². The second kappa shape index (κ2) is 6.38. The van der Waals surface area contributed by atoms with Gasteiger partial charge in [-0.1, -0.05) is 0 Å². The monoisotopic (exact) mass is 295 g/mol. The van der Waals surface area contributed by atoms with E-state index in [1.165, 1.54) is 0 Å². The van der Waals surface area contributed by atoms with E-state index in [2.05, 4.69) is 14.8 Å². The summed E-state index contributed by atoms with van der Waals surface area (Å²) >= 11 is 1.16. The van der Waals surface area contributed by atoms with Gasteiger partial charge in [0.2, 0.25) is 0 Å². The summed E-state index contributed by atoms with van der Waals surface area (Å²) in [5.41, 5.74) is 7.13. The number of anilines is 2. The molecule has 0 amide bonds. The molecule has 0 radical (unpaired) electrons. The Hall–Kier alpha value is -2.09. The highest BCUT2D eigenvalue weighted by molar-refractivity contribution is 7.11. The second-order valence-corrected chi connectivity index (χ2v) is 4.89. The third-order valence-corrected chi connectivity index (χ3v) is 3.61. The summed E-state index contributed by atoms with van der Waals surface area (Å²) in [5.74, 6) is -0.238. The molecule has 0 aromatic carbocycles. The molecular formula is C12H17N5O2S. The van der Waals surface area contributed by atoms with E-state index in [0.717, 1.165) is 23.6 Å². The number of rotatable bonds is 6. The first-order valence-corrected chi connectivity index (χ1v) is 7.03. The number of carbonyl (C=O) groups excluding carboxylic acids is 1. The van der Waals surface area contributed by atoms with Gasteiger partial charge >= 0.3 is 5.97 Å². The number of aromatic nitrogens is 3. The molecule has 0 saturated carbocycles. The van der Waals surface area contributed by atoms with Crippen molar-refractivity contribution in [1.29, 1.82) is 0 Å². The van der Waals surface area contributed by atoms with Crippen LogP contribution in [0.4, 0.5) is 10.8 Å². The number of ether oxygens (including phenoxy) is 1. The average Bonchev–Trinajstić information content (AvgIpc) is 2.97. The molecule has 0 aliphatic carbocycles. The number of nitrogen functional groups attached to an aromatic ring is 1. The fourth-order valence-electron chi connectivity index (χ4n) is 1.77. The maximum atomic E-state index is 11.8. The van der Waals surface area contributed by atoms with Gasteiger partial charge in [0.15, 0.2) is 5.82 Å². The maximum absolute atomic E-state index is 11.8. The summed E-state index contributed by atoms with van der Waals surface area (Å²) in [6, 6.07) is 1.95. The highest BCUT2D eigenvalue weighted by atomic mass is 32.1. The average molecular weight is 295 g/mol. The first-order chi connectivity index (χ1) is 9.63. The molecule has 0 bridgehead atoms. The Morgan fingerprint density at radius 3 is 3.05 bits per heavy atom. The minimum absolute atomic E-state index is 0.205. The Morgan fingerprint density at radius 2 is 2.40 bits per heavy atom. The minimum atomic E-state index is -0.443. The molecule has 2 heterocycles. The molecule has 0 unspecified atom stereocenters. The van der Waals surface area contributed by atoms with Gasteiger partial charge in [-0.2, -0.15) is 9.47 Å². The summed E-state index contributed by atoms with van der Waals surface area (Å²) in [5, 5.41) is 7.92. The zero-order valence-corrected chi connectivity index (χ0v) is 12.2. The smallest absolute Gasteiger partial charge is 0.344 e. The van der Waals surface area contributed by atoms with Crippen molar-refractivity contribution in [2.75, 3.05) is 24.2 Å². The highest BCUT2D eigenvalue weighted by Crippen LogP contribution is 2.27. The molecule has 3 N–H and O–H groups in total. The van der Waals surface area contributed by atoms with Crippen molar-refractivity contribution >= 4 is 28.3 Å². The van der Waals surface area contributed by atoms with Gasteiger partial charge in [0, 0.05) is 31.9 Å².